The molecule has 0 bridgehead atoms. The van der Waals surface area contributed by atoms with Crippen molar-refractivity contribution in [3.8, 4) is 0 Å². The molecule has 0 unspecified atom stereocenters. The fourth-order valence-electron chi connectivity index (χ4n) is 1.71. The second-order valence-electron chi connectivity index (χ2n) is 3.99. The number of aromatic nitrogens is 1. The van der Waals surface area contributed by atoms with E-state index in [0.29, 0.717) is 11.4 Å². The van der Waals surface area contributed by atoms with Gasteiger partial charge in [0.2, 0.25) is 0 Å². The largest absolute Gasteiger partial charge is 0.396 e. The van der Waals surface area contributed by atoms with E-state index in [0.717, 1.165) is 23.4 Å². The molecule has 0 saturated heterocycles. The summed E-state index contributed by atoms with van der Waals surface area (Å²) in [4.78, 5) is 17.2. The van der Waals surface area contributed by atoms with Crippen molar-refractivity contribution in [2.75, 3.05) is 6.61 Å². The highest BCUT2D eigenvalue weighted by Crippen LogP contribution is 2.31. The van der Waals surface area contributed by atoms with Gasteiger partial charge in [-0.15, -0.1) is 11.3 Å². The average molecular weight is 225 g/mol. The van der Waals surface area contributed by atoms with Gasteiger partial charge in [-0.25, -0.2) is 4.98 Å². The highest BCUT2D eigenvalue weighted by atomic mass is 32.1. The molecule has 3 nitrogen and oxygen atoms in total. The van der Waals surface area contributed by atoms with Gasteiger partial charge in [-0.1, -0.05) is 6.42 Å². The summed E-state index contributed by atoms with van der Waals surface area (Å²) in [6, 6.07) is 0. The van der Waals surface area contributed by atoms with Crippen LogP contribution in [0.25, 0.3) is 0 Å². The Kier molecular flexibility index (Phi) is 3.17. The second kappa shape index (κ2) is 4.41. The number of nitrogens with zero attached hydrogens (tertiary/aromatic N) is 1. The first kappa shape index (κ1) is 10.8. The summed E-state index contributed by atoms with van der Waals surface area (Å²) in [5.41, 5.74) is 0.900. The number of carbonyl (C=O) groups is 1. The molecule has 1 aliphatic rings. The Labute approximate surface area is 93.2 Å². The van der Waals surface area contributed by atoms with Gasteiger partial charge in [0.25, 0.3) is 0 Å². The summed E-state index contributed by atoms with van der Waals surface area (Å²) in [5.74, 6) is 0.427. The highest BCUT2D eigenvalue weighted by molar-refractivity contribution is 7.13. The smallest absolute Gasteiger partial charge is 0.194 e. The van der Waals surface area contributed by atoms with E-state index < -0.39 is 0 Å². The van der Waals surface area contributed by atoms with Crippen molar-refractivity contribution in [1.29, 1.82) is 0 Å². The molecule has 15 heavy (non-hydrogen) atoms. The van der Waals surface area contributed by atoms with Crippen LogP contribution in [-0.4, -0.2) is 22.5 Å². The minimum Gasteiger partial charge on any atom is -0.396 e. The van der Waals surface area contributed by atoms with Gasteiger partial charge < -0.3 is 5.11 Å². The minimum absolute atomic E-state index is 0.125. The molecule has 0 amide bonds. The predicted molar refractivity (Wildman–Crippen MR) is 59.3 cm³/mol. The van der Waals surface area contributed by atoms with Crippen molar-refractivity contribution in [3.63, 3.8) is 0 Å². The molecule has 82 valence electrons. The molecule has 1 N–H and O–H groups in total. The normalized spacial score (nSPS) is 16.4. The quantitative estimate of drug-likeness (QED) is 0.797. The van der Waals surface area contributed by atoms with Crippen LogP contribution < -0.4 is 0 Å². The number of hydrogen-bond acceptors (Lipinski definition) is 4. The van der Waals surface area contributed by atoms with Crippen molar-refractivity contribution in [1.82, 2.24) is 4.98 Å². The third-order valence-electron chi connectivity index (χ3n) is 2.92. The SMILES string of the molecule is Cc1nc(C(=O)C2CCC2)sc1CCO. The molecule has 0 aliphatic heterocycles. The molecule has 2 rings (SSSR count). The first-order valence-electron chi connectivity index (χ1n) is 5.33. The Morgan fingerprint density at radius 1 is 1.60 bits per heavy atom. The maximum absolute atomic E-state index is 11.9. The summed E-state index contributed by atoms with van der Waals surface area (Å²) in [6.07, 6.45) is 3.82. The van der Waals surface area contributed by atoms with Gasteiger partial charge in [0.15, 0.2) is 10.8 Å². The summed E-state index contributed by atoms with van der Waals surface area (Å²) < 4.78 is 0. The summed E-state index contributed by atoms with van der Waals surface area (Å²) >= 11 is 1.45. The number of rotatable bonds is 4. The van der Waals surface area contributed by atoms with Gasteiger partial charge >= 0.3 is 0 Å². The predicted octanol–water partition coefficient (Wildman–Crippen LogP) is 1.97. The zero-order valence-corrected chi connectivity index (χ0v) is 9.64. The van der Waals surface area contributed by atoms with E-state index >= 15 is 0 Å². The van der Waals surface area contributed by atoms with E-state index in [1.165, 1.54) is 17.8 Å². The molecule has 0 spiro atoms. The molecule has 0 aromatic carbocycles. The van der Waals surface area contributed by atoms with E-state index in [1.54, 1.807) is 0 Å². The first-order valence-corrected chi connectivity index (χ1v) is 6.15. The molecule has 1 heterocycles. The molecule has 1 aliphatic carbocycles. The lowest BCUT2D eigenvalue weighted by Gasteiger charge is -2.22. The van der Waals surface area contributed by atoms with Crippen LogP contribution in [0.4, 0.5) is 0 Å². The molecule has 1 saturated carbocycles. The van der Waals surface area contributed by atoms with Crippen molar-refractivity contribution in [3.05, 3.63) is 15.6 Å². The van der Waals surface area contributed by atoms with Gasteiger partial charge in [-0.2, -0.15) is 0 Å². The van der Waals surface area contributed by atoms with E-state index in [1.807, 2.05) is 6.92 Å². The van der Waals surface area contributed by atoms with Gasteiger partial charge in [0.1, 0.15) is 0 Å². The molecule has 1 aromatic rings. The molecule has 4 heteroatoms. The van der Waals surface area contributed by atoms with Gasteiger partial charge in [-0.05, 0) is 19.8 Å². The molecular weight excluding hydrogens is 210 g/mol. The number of thiazole rings is 1. The Balaban J connectivity index is 2.14. The number of hydrogen-bond donors (Lipinski definition) is 1. The zero-order chi connectivity index (χ0) is 10.8. The molecule has 1 aromatic heterocycles. The Morgan fingerprint density at radius 2 is 2.33 bits per heavy atom. The Morgan fingerprint density at radius 3 is 2.87 bits per heavy atom. The second-order valence-corrected chi connectivity index (χ2v) is 5.08. The summed E-state index contributed by atoms with van der Waals surface area (Å²) in [7, 11) is 0. The van der Waals surface area contributed by atoms with Gasteiger partial charge in [0.05, 0.1) is 5.69 Å². The maximum Gasteiger partial charge on any atom is 0.194 e. The van der Waals surface area contributed by atoms with Crippen molar-refractivity contribution in [2.24, 2.45) is 5.92 Å². The zero-order valence-electron chi connectivity index (χ0n) is 8.82. The van der Waals surface area contributed by atoms with Crippen LogP contribution >= 0.6 is 11.3 Å². The Hall–Kier alpha value is -0.740. The lowest BCUT2D eigenvalue weighted by atomic mass is 9.82. The van der Waals surface area contributed by atoms with Gasteiger partial charge in [0, 0.05) is 23.8 Å². The van der Waals surface area contributed by atoms with Crippen molar-refractivity contribution in [2.45, 2.75) is 32.6 Å². The van der Waals surface area contributed by atoms with Crippen LogP contribution in [0, 0.1) is 12.8 Å². The Bertz CT molecular complexity index is 369. The summed E-state index contributed by atoms with van der Waals surface area (Å²) in [5, 5.41) is 9.49. The van der Waals surface area contributed by atoms with E-state index in [9.17, 15) is 4.79 Å². The van der Waals surface area contributed by atoms with Crippen LogP contribution in [-0.2, 0) is 6.42 Å². The average Bonchev–Trinajstić information content (AvgIpc) is 2.46. The number of aliphatic hydroxyl groups is 1. The van der Waals surface area contributed by atoms with E-state index in [4.69, 9.17) is 5.11 Å². The molecule has 0 radical (unpaired) electrons. The number of Topliss-reactive ketones (excluding diaryl/α,β-unsaturated/α-hetero) is 1. The van der Waals surface area contributed by atoms with Gasteiger partial charge in [-0.3, -0.25) is 4.79 Å². The fourth-order valence-corrected chi connectivity index (χ4v) is 2.78. The fraction of sp³-hybridized carbons (Fsp3) is 0.636. The minimum atomic E-state index is 0.125. The van der Waals surface area contributed by atoms with E-state index in [2.05, 4.69) is 4.98 Å². The lowest BCUT2D eigenvalue weighted by Crippen LogP contribution is -2.21. The maximum atomic E-state index is 11.9. The standard InChI is InChI=1S/C11H15NO2S/c1-7-9(5-6-13)15-11(12-7)10(14)8-3-2-4-8/h8,13H,2-6H2,1H3. The van der Waals surface area contributed by atoms with Crippen LogP contribution in [0.15, 0.2) is 0 Å². The third-order valence-corrected chi connectivity index (χ3v) is 4.15. The lowest BCUT2D eigenvalue weighted by molar-refractivity contribution is 0.0854. The summed E-state index contributed by atoms with van der Waals surface area (Å²) in [6.45, 7) is 2.03. The van der Waals surface area contributed by atoms with Crippen LogP contribution in [0.2, 0.25) is 0 Å². The topological polar surface area (TPSA) is 50.2 Å². The van der Waals surface area contributed by atoms with Crippen LogP contribution in [0.1, 0.15) is 39.6 Å². The molecule has 0 atom stereocenters. The monoisotopic (exact) mass is 225 g/mol. The number of carbonyl (C=O) groups excluding carboxylic acids is 1. The number of aliphatic hydroxyl groups excluding tert-OH is 1. The number of aryl methyl sites for hydroxylation is 1. The van der Waals surface area contributed by atoms with Crippen LogP contribution in [0.5, 0.6) is 0 Å². The van der Waals surface area contributed by atoms with Crippen molar-refractivity contribution < 1.29 is 9.90 Å². The molecule has 1 fully saturated rings. The highest BCUT2D eigenvalue weighted by Gasteiger charge is 2.28. The van der Waals surface area contributed by atoms with E-state index in [-0.39, 0.29) is 18.3 Å². The van der Waals surface area contributed by atoms with Crippen molar-refractivity contribution >= 4 is 17.1 Å². The first-order chi connectivity index (χ1) is 7.22. The third kappa shape index (κ3) is 2.11. The molecular formula is C11H15NO2S. The number of ketones is 1. The van der Waals surface area contributed by atoms with Crippen LogP contribution in [0.3, 0.4) is 0 Å².